The van der Waals surface area contributed by atoms with Gasteiger partial charge in [0.2, 0.25) is 0 Å². The molecule has 1 rings (SSSR count). The minimum atomic E-state index is -1.20. The second kappa shape index (κ2) is 4.54. The molecule has 0 fully saturated rings. The summed E-state index contributed by atoms with van der Waals surface area (Å²) in [5.41, 5.74) is 0. The highest BCUT2D eigenvalue weighted by atomic mass is 35.6. The monoisotopic (exact) mass is 185 g/mol. The van der Waals surface area contributed by atoms with E-state index in [-0.39, 0.29) is 0 Å². The Morgan fingerprint density at radius 3 is 2.55 bits per heavy atom. The molecule has 0 aliphatic heterocycles. The number of benzene rings is 1. The van der Waals surface area contributed by atoms with Crippen LogP contribution in [0, 0.1) is 0 Å². The van der Waals surface area contributed by atoms with E-state index in [9.17, 15) is 0 Å². The lowest BCUT2D eigenvalue weighted by atomic mass is 10.4. The molecule has 1 aromatic carbocycles. The van der Waals surface area contributed by atoms with Gasteiger partial charge in [0.25, 0.3) is 0 Å². The highest BCUT2D eigenvalue weighted by Crippen LogP contribution is 1.91. The second-order valence-corrected chi connectivity index (χ2v) is 6.03. The topological polar surface area (TPSA) is 12.0 Å². The molecule has 1 atom stereocenters. The molecule has 1 aromatic rings. The highest BCUT2D eigenvalue weighted by Gasteiger charge is 2.06. The normalized spacial score (nSPS) is 12.9. The van der Waals surface area contributed by atoms with Crippen LogP contribution in [-0.4, -0.2) is 21.3 Å². The smallest absolute Gasteiger partial charge is 0.184 e. The summed E-state index contributed by atoms with van der Waals surface area (Å²) in [6, 6.07) is 10.3. The number of rotatable bonds is 3. The van der Waals surface area contributed by atoms with E-state index in [1.165, 1.54) is 5.19 Å². The van der Waals surface area contributed by atoms with E-state index in [1.54, 1.807) is 0 Å². The van der Waals surface area contributed by atoms with Crippen molar-refractivity contribution in [3.8, 4) is 0 Å². The highest BCUT2D eigenvalue weighted by molar-refractivity contribution is 7.14. The van der Waals surface area contributed by atoms with Crippen LogP contribution in [0.5, 0.6) is 0 Å². The van der Waals surface area contributed by atoms with Crippen LogP contribution >= 0.6 is 11.1 Å². The lowest BCUT2D eigenvalue weighted by Crippen LogP contribution is -2.34. The SMILES string of the molecule is CNC[SiH](Cl)c1ccccc1. The van der Waals surface area contributed by atoms with Gasteiger partial charge < -0.3 is 5.32 Å². The Labute approximate surface area is 73.7 Å². The van der Waals surface area contributed by atoms with Gasteiger partial charge in [-0.2, -0.15) is 11.1 Å². The van der Waals surface area contributed by atoms with Gasteiger partial charge in [-0.1, -0.05) is 30.3 Å². The second-order valence-electron chi connectivity index (χ2n) is 2.44. The maximum Gasteiger partial charge on any atom is 0.184 e. The first kappa shape index (κ1) is 8.78. The molecule has 1 N–H and O–H groups in total. The average molecular weight is 186 g/mol. The van der Waals surface area contributed by atoms with Crippen LogP contribution in [0.25, 0.3) is 0 Å². The molecule has 0 saturated heterocycles. The van der Waals surface area contributed by atoms with Gasteiger partial charge in [0.1, 0.15) is 0 Å². The van der Waals surface area contributed by atoms with Crippen molar-refractivity contribution in [1.82, 2.24) is 5.32 Å². The Kier molecular flexibility index (Phi) is 3.63. The van der Waals surface area contributed by atoms with Crippen molar-refractivity contribution in [2.24, 2.45) is 0 Å². The molecule has 0 bridgehead atoms. The first-order valence-corrected chi connectivity index (χ1v) is 6.82. The Morgan fingerprint density at radius 1 is 1.36 bits per heavy atom. The summed E-state index contributed by atoms with van der Waals surface area (Å²) >= 11 is 6.18. The van der Waals surface area contributed by atoms with Crippen molar-refractivity contribution in [2.75, 3.05) is 13.2 Å². The van der Waals surface area contributed by atoms with Crippen molar-refractivity contribution in [1.29, 1.82) is 0 Å². The van der Waals surface area contributed by atoms with E-state index in [0.717, 1.165) is 6.17 Å². The van der Waals surface area contributed by atoms with Crippen LogP contribution in [0.2, 0.25) is 0 Å². The summed E-state index contributed by atoms with van der Waals surface area (Å²) < 4.78 is 0. The van der Waals surface area contributed by atoms with Gasteiger partial charge in [-0.25, -0.2) is 0 Å². The van der Waals surface area contributed by atoms with Crippen molar-refractivity contribution in [3.05, 3.63) is 30.3 Å². The van der Waals surface area contributed by atoms with Crippen LogP contribution in [0.3, 0.4) is 0 Å². The first-order chi connectivity index (χ1) is 5.34. The molecule has 11 heavy (non-hydrogen) atoms. The van der Waals surface area contributed by atoms with Gasteiger partial charge in [0.05, 0.1) is 0 Å². The Balaban J connectivity index is 2.61. The number of halogens is 1. The molecule has 0 aromatic heterocycles. The van der Waals surface area contributed by atoms with Crippen molar-refractivity contribution in [3.63, 3.8) is 0 Å². The van der Waals surface area contributed by atoms with Crippen LogP contribution in [0.4, 0.5) is 0 Å². The molecule has 1 unspecified atom stereocenters. The van der Waals surface area contributed by atoms with Gasteiger partial charge in [0, 0.05) is 6.17 Å². The summed E-state index contributed by atoms with van der Waals surface area (Å²) in [5, 5.41) is 4.40. The third-order valence-electron chi connectivity index (χ3n) is 1.54. The minimum absolute atomic E-state index is 0.950. The molecule has 3 heteroatoms. The molecule has 0 amide bonds. The van der Waals surface area contributed by atoms with Crippen LogP contribution in [-0.2, 0) is 0 Å². The van der Waals surface area contributed by atoms with Crippen molar-refractivity contribution in [2.45, 2.75) is 0 Å². The van der Waals surface area contributed by atoms with E-state index in [2.05, 4.69) is 17.4 Å². The molecular formula is C8H12ClNSi. The quantitative estimate of drug-likeness (QED) is 0.538. The summed E-state index contributed by atoms with van der Waals surface area (Å²) in [6.07, 6.45) is 0.950. The Morgan fingerprint density at radius 2 is 2.00 bits per heavy atom. The van der Waals surface area contributed by atoms with Gasteiger partial charge in [0.15, 0.2) is 8.11 Å². The van der Waals surface area contributed by atoms with Gasteiger partial charge >= 0.3 is 0 Å². The zero-order valence-electron chi connectivity index (χ0n) is 6.55. The molecule has 0 heterocycles. The third-order valence-corrected chi connectivity index (χ3v) is 4.64. The van der Waals surface area contributed by atoms with Crippen molar-refractivity contribution < 1.29 is 0 Å². The number of nitrogens with one attached hydrogen (secondary N) is 1. The fraction of sp³-hybridized carbons (Fsp3) is 0.250. The van der Waals surface area contributed by atoms with Crippen LogP contribution in [0.15, 0.2) is 30.3 Å². The fourth-order valence-electron chi connectivity index (χ4n) is 0.959. The van der Waals surface area contributed by atoms with Gasteiger partial charge in [-0.15, -0.1) is 0 Å². The summed E-state index contributed by atoms with van der Waals surface area (Å²) in [4.78, 5) is 0. The van der Waals surface area contributed by atoms with E-state index >= 15 is 0 Å². The predicted octanol–water partition coefficient (Wildman–Crippen LogP) is 0.615. The summed E-state index contributed by atoms with van der Waals surface area (Å²) in [6.45, 7) is 0. The van der Waals surface area contributed by atoms with E-state index < -0.39 is 8.11 Å². The third kappa shape index (κ3) is 2.65. The predicted molar refractivity (Wildman–Crippen MR) is 53.0 cm³/mol. The van der Waals surface area contributed by atoms with Gasteiger partial charge in [-0.05, 0) is 12.2 Å². The largest absolute Gasteiger partial charge is 0.321 e. The molecule has 0 spiro atoms. The Bertz CT molecular complexity index is 203. The molecule has 1 nitrogen and oxygen atoms in total. The van der Waals surface area contributed by atoms with E-state index in [1.807, 2.05) is 25.2 Å². The average Bonchev–Trinajstić information content (AvgIpc) is 2.07. The lowest BCUT2D eigenvalue weighted by molar-refractivity contribution is 0.967. The standard InChI is InChI=1S/C8H12ClNSi/c1-10-7-11(9)8-5-3-2-4-6-8/h2-6,10-11H,7H2,1H3. The van der Waals surface area contributed by atoms with Crippen LogP contribution < -0.4 is 10.5 Å². The lowest BCUT2D eigenvalue weighted by Gasteiger charge is -2.05. The molecule has 0 aliphatic rings. The number of hydrogen-bond donors (Lipinski definition) is 1. The maximum absolute atomic E-state index is 6.18. The summed E-state index contributed by atoms with van der Waals surface area (Å²) in [7, 11) is 0.736. The molecular weight excluding hydrogens is 174 g/mol. The zero-order valence-corrected chi connectivity index (χ0v) is 8.46. The van der Waals surface area contributed by atoms with Crippen molar-refractivity contribution >= 4 is 24.4 Å². The molecule has 0 aliphatic carbocycles. The van der Waals surface area contributed by atoms with E-state index in [0.29, 0.717) is 0 Å². The fourth-order valence-corrected chi connectivity index (χ4v) is 3.09. The molecule has 60 valence electrons. The van der Waals surface area contributed by atoms with Crippen LogP contribution in [0.1, 0.15) is 0 Å². The minimum Gasteiger partial charge on any atom is -0.321 e. The van der Waals surface area contributed by atoms with E-state index in [4.69, 9.17) is 11.1 Å². The number of hydrogen-bond acceptors (Lipinski definition) is 1. The first-order valence-electron chi connectivity index (χ1n) is 3.68. The zero-order chi connectivity index (χ0) is 8.10. The maximum atomic E-state index is 6.18. The summed E-state index contributed by atoms with van der Waals surface area (Å²) in [5.74, 6) is 0. The molecule has 0 saturated carbocycles. The molecule has 0 radical (unpaired) electrons. The Hall–Kier alpha value is -0.313. The van der Waals surface area contributed by atoms with Gasteiger partial charge in [-0.3, -0.25) is 0 Å².